The maximum Gasteiger partial charge on any atom is 0.149 e. The van der Waals surface area contributed by atoms with Crippen LogP contribution < -0.4 is 0 Å². The SMILES string of the molecule is Cc1ccnc2c(-c3cccc(-c4cc(-c5cccc6cccnc56)cc5c4nc(-c4cc(C(C)(C)C)ccc4O)n5-c4ccc(C(C)(C)C)cc4)c3)cc(C(C)(C)C)cc12. The van der Waals surface area contributed by atoms with E-state index in [2.05, 4.69) is 183 Å². The first-order valence-electron chi connectivity index (χ1n) is 21.3. The number of nitrogens with zero attached hydrogens (tertiary/aromatic N) is 4. The topological polar surface area (TPSA) is 63.8 Å². The lowest BCUT2D eigenvalue weighted by Gasteiger charge is -2.22. The van der Waals surface area contributed by atoms with E-state index in [1.54, 1.807) is 0 Å². The number of aromatic nitrogens is 4. The Kier molecular flexibility index (Phi) is 9.51. The van der Waals surface area contributed by atoms with Crippen LogP contribution in [0.2, 0.25) is 0 Å². The largest absolute Gasteiger partial charge is 0.507 e. The number of fused-ring (bicyclic) bond motifs is 3. The summed E-state index contributed by atoms with van der Waals surface area (Å²) in [5, 5.41) is 14.0. The summed E-state index contributed by atoms with van der Waals surface area (Å²) < 4.78 is 2.23. The monoisotopic (exact) mass is 798 g/mol. The molecule has 0 bridgehead atoms. The summed E-state index contributed by atoms with van der Waals surface area (Å²) in [6.07, 6.45) is 3.78. The van der Waals surface area contributed by atoms with Crippen LogP contribution in [0.15, 0.2) is 140 Å². The van der Waals surface area contributed by atoms with Gasteiger partial charge in [-0.05, 0) is 129 Å². The number of pyridine rings is 2. The first-order chi connectivity index (χ1) is 29.0. The second-order valence-electron chi connectivity index (χ2n) is 19.7. The highest BCUT2D eigenvalue weighted by atomic mass is 16.3. The summed E-state index contributed by atoms with van der Waals surface area (Å²) >= 11 is 0. The zero-order chi connectivity index (χ0) is 43.0. The minimum Gasteiger partial charge on any atom is -0.507 e. The number of para-hydroxylation sites is 1. The van der Waals surface area contributed by atoms with Crippen molar-refractivity contribution >= 4 is 32.8 Å². The third-order valence-corrected chi connectivity index (χ3v) is 12.2. The zero-order valence-corrected chi connectivity index (χ0v) is 37.0. The van der Waals surface area contributed by atoms with Crippen LogP contribution in [0.25, 0.3) is 83.3 Å². The van der Waals surface area contributed by atoms with E-state index in [0.717, 1.165) is 72.1 Å². The van der Waals surface area contributed by atoms with Crippen molar-refractivity contribution in [2.75, 3.05) is 0 Å². The highest BCUT2D eigenvalue weighted by Crippen LogP contribution is 2.44. The van der Waals surface area contributed by atoms with E-state index in [0.29, 0.717) is 11.4 Å². The van der Waals surface area contributed by atoms with Gasteiger partial charge in [0.15, 0.2) is 0 Å². The van der Waals surface area contributed by atoms with Crippen molar-refractivity contribution in [3.63, 3.8) is 0 Å². The average molecular weight is 799 g/mol. The predicted molar refractivity (Wildman–Crippen MR) is 256 cm³/mol. The highest BCUT2D eigenvalue weighted by molar-refractivity contribution is 6.04. The first-order valence-corrected chi connectivity index (χ1v) is 21.3. The van der Waals surface area contributed by atoms with Crippen LogP contribution in [0.1, 0.15) is 84.6 Å². The van der Waals surface area contributed by atoms with Crippen molar-refractivity contribution in [1.29, 1.82) is 0 Å². The van der Waals surface area contributed by atoms with Gasteiger partial charge in [-0.25, -0.2) is 4.98 Å². The average Bonchev–Trinajstić information content (AvgIpc) is 3.61. The molecule has 0 unspecified atom stereocenters. The molecule has 3 aromatic heterocycles. The summed E-state index contributed by atoms with van der Waals surface area (Å²) in [4.78, 5) is 15.4. The number of phenols is 1. The number of hydrogen-bond acceptors (Lipinski definition) is 4. The summed E-state index contributed by atoms with van der Waals surface area (Å²) in [5.41, 5.74) is 16.2. The number of phenolic OH excluding ortho intramolecular Hbond substituents is 1. The van der Waals surface area contributed by atoms with Crippen LogP contribution in [0.4, 0.5) is 0 Å². The third-order valence-electron chi connectivity index (χ3n) is 12.2. The van der Waals surface area contributed by atoms with Crippen LogP contribution >= 0.6 is 0 Å². The quantitative estimate of drug-likeness (QED) is 0.188. The van der Waals surface area contributed by atoms with Crippen molar-refractivity contribution in [2.24, 2.45) is 0 Å². The standard InChI is InChI=1S/C56H54N4O/c1-34-25-27-58-51-44(34)32-41(56(8,9)10)33-46(51)37-16-11-15-36(28-37)45-29-38(43-18-12-14-35-17-13-26-57-50(35)43)30-48-52(45)59-53(47-31-40(55(5,6)7)21-24-49(47)61)60(48)42-22-19-39(20-23-42)54(2,3)4/h11-33,61H,1-10H3. The molecule has 5 nitrogen and oxygen atoms in total. The van der Waals surface area contributed by atoms with Crippen LogP contribution in [-0.4, -0.2) is 24.6 Å². The number of imidazole rings is 1. The molecule has 0 radical (unpaired) electrons. The van der Waals surface area contributed by atoms with Crippen molar-refractivity contribution in [3.8, 4) is 56.2 Å². The lowest BCUT2D eigenvalue weighted by Crippen LogP contribution is -2.11. The van der Waals surface area contributed by atoms with Gasteiger partial charge in [-0.3, -0.25) is 14.5 Å². The summed E-state index contributed by atoms with van der Waals surface area (Å²) in [7, 11) is 0. The Morgan fingerprint density at radius 2 is 1.10 bits per heavy atom. The molecule has 0 amide bonds. The second kappa shape index (κ2) is 14.6. The Hall–Kier alpha value is -6.59. The van der Waals surface area contributed by atoms with Gasteiger partial charge in [-0.15, -0.1) is 0 Å². The molecule has 3 heterocycles. The van der Waals surface area contributed by atoms with Crippen LogP contribution in [0.3, 0.4) is 0 Å². The van der Waals surface area contributed by atoms with Crippen LogP contribution in [0, 0.1) is 6.92 Å². The molecule has 61 heavy (non-hydrogen) atoms. The number of hydrogen-bond donors (Lipinski definition) is 1. The van der Waals surface area contributed by atoms with Gasteiger partial charge in [0.25, 0.3) is 0 Å². The van der Waals surface area contributed by atoms with E-state index < -0.39 is 0 Å². The third kappa shape index (κ3) is 7.26. The molecule has 0 saturated heterocycles. The van der Waals surface area contributed by atoms with E-state index in [1.165, 1.54) is 22.1 Å². The van der Waals surface area contributed by atoms with Gasteiger partial charge < -0.3 is 5.11 Å². The summed E-state index contributed by atoms with van der Waals surface area (Å²) in [5.74, 6) is 0.863. The molecule has 304 valence electrons. The van der Waals surface area contributed by atoms with Crippen molar-refractivity contribution in [1.82, 2.24) is 19.5 Å². The molecular weight excluding hydrogens is 745 g/mol. The Balaban J connectivity index is 1.38. The molecule has 6 aromatic carbocycles. The molecule has 0 fully saturated rings. The van der Waals surface area contributed by atoms with E-state index in [4.69, 9.17) is 15.0 Å². The zero-order valence-electron chi connectivity index (χ0n) is 37.0. The van der Waals surface area contributed by atoms with Crippen LogP contribution in [0.5, 0.6) is 5.75 Å². The van der Waals surface area contributed by atoms with Gasteiger partial charge in [-0.1, -0.05) is 123 Å². The molecule has 1 N–H and O–H groups in total. The summed E-state index contributed by atoms with van der Waals surface area (Å²) in [6, 6.07) is 45.3. The maximum absolute atomic E-state index is 11.7. The van der Waals surface area contributed by atoms with Crippen molar-refractivity contribution in [3.05, 3.63) is 162 Å². The molecule has 0 aliphatic heterocycles. The maximum atomic E-state index is 11.7. The van der Waals surface area contributed by atoms with Gasteiger partial charge in [0.1, 0.15) is 11.6 Å². The summed E-state index contributed by atoms with van der Waals surface area (Å²) in [6.45, 7) is 22.3. The number of aromatic hydroxyl groups is 1. The number of rotatable bonds is 5. The molecule has 0 saturated carbocycles. The Bertz CT molecular complexity index is 3140. The van der Waals surface area contributed by atoms with Gasteiger partial charge in [0, 0.05) is 45.5 Å². The molecule has 0 spiro atoms. The Morgan fingerprint density at radius 1 is 0.475 bits per heavy atom. The van der Waals surface area contributed by atoms with E-state index >= 15 is 0 Å². The second-order valence-corrected chi connectivity index (χ2v) is 19.7. The molecule has 0 aliphatic rings. The van der Waals surface area contributed by atoms with E-state index in [-0.39, 0.29) is 22.0 Å². The molecule has 9 rings (SSSR count). The Morgan fingerprint density at radius 3 is 1.80 bits per heavy atom. The Labute approximate surface area is 359 Å². The first kappa shape index (κ1) is 39.8. The molecule has 0 atom stereocenters. The fraction of sp³-hybridized carbons (Fsp3) is 0.232. The lowest BCUT2D eigenvalue weighted by atomic mass is 9.83. The minimum absolute atomic E-state index is 0.0175. The van der Waals surface area contributed by atoms with Crippen molar-refractivity contribution in [2.45, 2.75) is 85.5 Å². The van der Waals surface area contributed by atoms with Gasteiger partial charge in [-0.2, -0.15) is 0 Å². The van der Waals surface area contributed by atoms with Crippen molar-refractivity contribution < 1.29 is 5.11 Å². The van der Waals surface area contributed by atoms with Gasteiger partial charge >= 0.3 is 0 Å². The molecule has 9 aromatic rings. The number of aryl methyl sites for hydroxylation is 1. The van der Waals surface area contributed by atoms with Gasteiger partial charge in [0.05, 0.1) is 27.6 Å². The molecule has 0 aliphatic carbocycles. The van der Waals surface area contributed by atoms with Gasteiger partial charge in [0.2, 0.25) is 0 Å². The minimum atomic E-state index is -0.143. The lowest BCUT2D eigenvalue weighted by molar-refractivity contribution is 0.475. The smallest absolute Gasteiger partial charge is 0.149 e. The normalized spacial score (nSPS) is 12.5. The predicted octanol–water partition coefficient (Wildman–Crippen LogP) is 14.7. The van der Waals surface area contributed by atoms with E-state index in [1.807, 2.05) is 30.6 Å². The molecule has 5 heteroatoms. The molecular formula is C56H54N4O. The van der Waals surface area contributed by atoms with E-state index in [9.17, 15) is 5.11 Å². The fourth-order valence-electron chi connectivity index (χ4n) is 8.52. The fourth-order valence-corrected chi connectivity index (χ4v) is 8.52. The van der Waals surface area contributed by atoms with Crippen LogP contribution in [-0.2, 0) is 16.2 Å². The highest BCUT2D eigenvalue weighted by Gasteiger charge is 2.25. The number of benzene rings is 6.